The fourth-order valence-corrected chi connectivity index (χ4v) is 6.14. The van der Waals surface area contributed by atoms with Crippen LogP contribution in [0, 0.1) is 0 Å². The van der Waals surface area contributed by atoms with Crippen LogP contribution in [0.3, 0.4) is 0 Å². The van der Waals surface area contributed by atoms with E-state index in [0.717, 1.165) is 42.0 Å². The lowest BCUT2D eigenvalue weighted by atomic mass is 9.79. The SMILES string of the molecule is CCOC(OCC)[Si]CCCCCCCCCCC(=O)NC1CC(C)(C)NC(C)(C)C1. The fraction of sp³-hybridized carbons (Fsp3) is 0.960. The van der Waals surface area contributed by atoms with Crippen molar-refractivity contribution in [3.8, 4) is 0 Å². The zero-order valence-corrected chi connectivity index (χ0v) is 22.3. The largest absolute Gasteiger partial charge is 0.357 e. The van der Waals surface area contributed by atoms with Crippen LogP contribution in [-0.2, 0) is 14.3 Å². The summed E-state index contributed by atoms with van der Waals surface area (Å²) < 4.78 is 11.2. The summed E-state index contributed by atoms with van der Waals surface area (Å²) in [6, 6.07) is 1.50. The summed E-state index contributed by atoms with van der Waals surface area (Å²) in [5, 5.41) is 6.96. The first-order valence-corrected chi connectivity index (χ1v) is 14.0. The van der Waals surface area contributed by atoms with Crippen molar-refractivity contribution in [2.45, 2.75) is 141 Å². The predicted molar refractivity (Wildman–Crippen MR) is 132 cm³/mol. The van der Waals surface area contributed by atoms with Crippen LogP contribution in [0.15, 0.2) is 0 Å². The summed E-state index contributed by atoms with van der Waals surface area (Å²) in [5.41, 5.74) is 0.156. The van der Waals surface area contributed by atoms with Gasteiger partial charge in [0, 0.05) is 36.8 Å². The molecule has 0 spiro atoms. The Kier molecular flexibility index (Phi) is 14.2. The number of piperidine rings is 1. The number of ether oxygens (including phenoxy) is 2. The molecule has 1 heterocycles. The second-order valence-electron chi connectivity index (χ2n) is 10.3. The summed E-state index contributed by atoms with van der Waals surface area (Å²) in [5.74, 6) is 0.247. The molecule has 31 heavy (non-hydrogen) atoms. The summed E-state index contributed by atoms with van der Waals surface area (Å²) >= 11 is 0. The molecule has 0 aliphatic carbocycles. The van der Waals surface area contributed by atoms with E-state index in [-0.39, 0.29) is 28.9 Å². The molecule has 0 aromatic rings. The second-order valence-corrected chi connectivity index (χ2v) is 11.7. The van der Waals surface area contributed by atoms with Gasteiger partial charge in [-0.1, -0.05) is 51.0 Å². The summed E-state index contributed by atoms with van der Waals surface area (Å²) in [7, 11) is 0.755. The van der Waals surface area contributed by atoms with Crippen molar-refractivity contribution in [1.82, 2.24) is 10.6 Å². The molecule has 1 aliphatic heterocycles. The number of nitrogens with one attached hydrogen (secondary N) is 2. The van der Waals surface area contributed by atoms with Gasteiger partial charge in [0.05, 0.1) is 0 Å². The lowest BCUT2D eigenvalue weighted by molar-refractivity contribution is -0.122. The van der Waals surface area contributed by atoms with Crippen molar-refractivity contribution in [2.24, 2.45) is 0 Å². The number of unbranched alkanes of at least 4 members (excludes halogenated alkanes) is 7. The molecule has 1 saturated heterocycles. The molecule has 5 nitrogen and oxygen atoms in total. The maximum absolute atomic E-state index is 12.4. The first kappa shape index (κ1) is 28.6. The number of carbonyl (C=O) groups is 1. The molecule has 1 fully saturated rings. The molecule has 0 aromatic heterocycles. The van der Waals surface area contributed by atoms with Gasteiger partial charge in [0.25, 0.3) is 0 Å². The average Bonchev–Trinajstić information content (AvgIpc) is 2.63. The van der Waals surface area contributed by atoms with Crippen LogP contribution in [0.2, 0.25) is 6.04 Å². The van der Waals surface area contributed by atoms with E-state index < -0.39 is 0 Å². The van der Waals surface area contributed by atoms with Crippen LogP contribution >= 0.6 is 0 Å². The molecule has 0 unspecified atom stereocenters. The van der Waals surface area contributed by atoms with Crippen LogP contribution < -0.4 is 10.6 Å². The number of hydrogen-bond donors (Lipinski definition) is 2. The lowest BCUT2D eigenvalue weighted by Gasteiger charge is -2.46. The zero-order valence-electron chi connectivity index (χ0n) is 21.3. The highest BCUT2D eigenvalue weighted by Crippen LogP contribution is 2.28. The minimum absolute atomic E-state index is 0.0139. The van der Waals surface area contributed by atoms with Gasteiger partial charge < -0.3 is 20.1 Å². The number of amides is 1. The molecule has 0 bridgehead atoms. The first-order chi connectivity index (χ1) is 14.7. The van der Waals surface area contributed by atoms with Gasteiger partial charge in [-0.2, -0.15) is 0 Å². The quantitative estimate of drug-likeness (QED) is 0.175. The molecule has 1 amide bonds. The van der Waals surface area contributed by atoms with Gasteiger partial charge in [-0.15, -0.1) is 0 Å². The minimum atomic E-state index is 0.0139. The maximum Gasteiger partial charge on any atom is 0.220 e. The third-order valence-electron chi connectivity index (χ3n) is 5.83. The van der Waals surface area contributed by atoms with Crippen molar-refractivity contribution in [2.75, 3.05) is 13.2 Å². The highest BCUT2D eigenvalue weighted by Gasteiger charge is 2.37. The molecule has 2 N–H and O–H groups in total. The third-order valence-corrected chi connectivity index (χ3v) is 7.14. The van der Waals surface area contributed by atoms with Gasteiger partial charge >= 0.3 is 0 Å². The van der Waals surface area contributed by atoms with E-state index in [0.29, 0.717) is 6.42 Å². The molecular formula is C25H50N2O3Si. The molecule has 0 saturated carbocycles. The number of hydrogen-bond acceptors (Lipinski definition) is 4. The Labute approximate surface area is 195 Å². The molecule has 1 aliphatic rings. The van der Waals surface area contributed by atoms with Gasteiger partial charge in [0.1, 0.15) is 15.4 Å². The zero-order chi connectivity index (χ0) is 23.2. The molecular weight excluding hydrogens is 404 g/mol. The van der Waals surface area contributed by atoms with E-state index in [1.54, 1.807) is 0 Å². The minimum Gasteiger partial charge on any atom is -0.357 e. The average molecular weight is 455 g/mol. The van der Waals surface area contributed by atoms with E-state index in [9.17, 15) is 4.79 Å². The number of rotatable bonds is 17. The molecule has 2 radical (unpaired) electrons. The van der Waals surface area contributed by atoms with Gasteiger partial charge in [-0.05, 0) is 60.8 Å². The van der Waals surface area contributed by atoms with Crippen LogP contribution in [0.1, 0.15) is 112 Å². The molecule has 0 aromatic carbocycles. The Balaban J connectivity index is 1.97. The van der Waals surface area contributed by atoms with E-state index in [1.165, 1.54) is 51.0 Å². The Morgan fingerprint density at radius 2 is 1.39 bits per heavy atom. The Bertz CT molecular complexity index is 463. The fourth-order valence-electron chi connectivity index (χ4n) is 4.88. The molecule has 0 atom stereocenters. The van der Waals surface area contributed by atoms with E-state index in [2.05, 4.69) is 38.3 Å². The summed E-state index contributed by atoms with van der Waals surface area (Å²) in [6.45, 7) is 14.4. The van der Waals surface area contributed by atoms with Gasteiger partial charge in [0.15, 0.2) is 0 Å². The monoisotopic (exact) mass is 454 g/mol. The van der Waals surface area contributed by atoms with Crippen LogP contribution in [0.5, 0.6) is 0 Å². The standard InChI is InChI=1S/C25H50N2O3Si/c1-7-29-23(30-8-2)31-18-16-14-12-10-9-11-13-15-17-22(28)26-21-19-24(3,4)27-25(5,6)20-21/h21,23,27H,7-20H2,1-6H3,(H,26,28). The van der Waals surface area contributed by atoms with Crippen molar-refractivity contribution < 1.29 is 14.3 Å². The van der Waals surface area contributed by atoms with Gasteiger partial charge in [-0.3, -0.25) is 4.79 Å². The normalized spacial score (nSPS) is 18.4. The van der Waals surface area contributed by atoms with Gasteiger partial charge in [-0.25, -0.2) is 0 Å². The Morgan fingerprint density at radius 1 is 0.903 bits per heavy atom. The molecule has 1 rings (SSSR count). The van der Waals surface area contributed by atoms with Crippen LogP contribution in [-0.4, -0.2) is 51.7 Å². The molecule has 182 valence electrons. The highest BCUT2D eigenvalue weighted by molar-refractivity contribution is 6.36. The Hall–Kier alpha value is -0.433. The highest BCUT2D eigenvalue weighted by atomic mass is 28.2. The van der Waals surface area contributed by atoms with Crippen molar-refractivity contribution >= 4 is 15.4 Å². The van der Waals surface area contributed by atoms with Crippen molar-refractivity contribution in [3.63, 3.8) is 0 Å². The summed E-state index contributed by atoms with van der Waals surface area (Å²) in [6.07, 6.45) is 12.6. The predicted octanol–water partition coefficient (Wildman–Crippen LogP) is 5.40. The Morgan fingerprint density at radius 3 is 1.90 bits per heavy atom. The van der Waals surface area contributed by atoms with E-state index in [4.69, 9.17) is 9.47 Å². The van der Waals surface area contributed by atoms with E-state index >= 15 is 0 Å². The molecule has 6 heteroatoms. The topological polar surface area (TPSA) is 59.6 Å². The summed E-state index contributed by atoms with van der Waals surface area (Å²) in [4.78, 5) is 12.4. The van der Waals surface area contributed by atoms with Crippen molar-refractivity contribution in [3.05, 3.63) is 0 Å². The smallest absolute Gasteiger partial charge is 0.220 e. The lowest BCUT2D eigenvalue weighted by Crippen LogP contribution is -2.62. The third kappa shape index (κ3) is 14.4. The van der Waals surface area contributed by atoms with Crippen LogP contribution in [0.4, 0.5) is 0 Å². The van der Waals surface area contributed by atoms with Crippen LogP contribution in [0.25, 0.3) is 0 Å². The maximum atomic E-state index is 12.4. The second kappa shape index (κ2) is 15.4. The number of carbonyl (C=O) groups excluding carboxylic acids is 1. The van der Waals surface area contributed by atoms with E-state index in [1.807, 2.05) is 13.8 Å². The van der Waals surface area contributed by atoms with Gasteiger partial charge in [0.2, 0.25) is 5.91 Å². The van der Waals surface area contributed by atoms with Crippen molar-refractivity contribution in [1.29, 1.82) is 0 Å². The first-order valence-electron chi connectivity index (χ1n) is 12.7.